The highest BCUT2D eigenvalue weighted by atomic mass is 35.5. The molecule has 3 aromatic carbocycles. The number of carbonyl (C=O) groups is 2. The molecule has 3 aromatic rings. The van der Waals surface area contributed by atoms with Gasteiger partial charge in [-0.15, -0.1) is 0 Å². The van der Waals surface area contributed by atoms with Gasteiger partial charge in [0.15, 0.2) is 11.5 Å². The third kappa shape index (κ3) is 5.41. The average Bonchev–Trinajstić information content (AvgIpc) is 3.08. The molecule has 0 aliphatic carbocycles. The number of nitrogens with one attached hydrogen (secondary N) is 1. The van der Waals surface area contributed by atoms with Crippen LogP contribution in [0.25, 0.3) is 6.08 Å². The Hall–Kier alpha value is -3.77. The van der Waals surface area contributed by atoms with Crippen LogP contribution in [0.4, 0.5) is 4.79 Å². The molecule has 1 heterocycles. The van der Waals surface area contributed by atoms with Crippen LogP contribution < -0.4 is 14.8 Å². The molecule has 1 fully saturated rings. The number of hydrogen-bond acceptors (Lipinski definition) is 4. The number of ether oxygens (including phenoxy) is 2. The highest BCUT2D eigenvalue weighted by Gasteiger charge is 2.33. The first-order chi connectivity index (χ1) is 16.4. The van der Waals surface area contributed by atoms with Gasteiger partial charge in [-0.1, -0.05) is 71.8 Å². The summed E-state index contributed by atoms with van der Waals surface area (Å²) in [6.45, 7) is 4.84. The summed E-state index contributed by atoms with van der Waals surface area (Å²) in [6.07, 6.45) is 1.59. The second kappa shape index (κ2) is 10.4. The fourth-order valence-electron chi connectivity index (χ4n) is 3.56. The van der Waals surface area contributed by atoms with Crippen molar-refractivity contribution >= 4 is 29.6 Å². The molecule has 34 heavy (non-hydrogen) atoms. The molecule has 0 spiro atoms. The maximum atomic E-state index is 12.9. The van der Waals surface area contributed by atoms with E-state index >= 15 is 0 Å². The Balaban J connectivity index is 1.55. The van der Waals surface area contributed by atoms with Crippen molar-refractivity contribution in [3.8, 4) is 11.5 Å². The van der Waals surface area contributed by atoms with E-state index in [0.29, 0.717) is 35.3 Å². The lowest BCUT2D eigenvalue weighted by atomic mass is 10.1. The van der Waals surface area contributed by atoms with Crippen molar-refractivity contribution in [2.45, 2.75) is 27.0 Å². The lowest BCUT2D eigenvalue weighted by Crippen LogP contribution is -2.30. The summed E-state index contributed by atoms with van der Waals surface area (Å²) >= 11 is 6.53. The summed E-state index contributed by atoms with van der Waals surface area (Å²) in [5.74, 6) is 0.494. The molecule has 4 rings (SSSR count). The number of nitrogens with zero attached hydrogens (tertiary/aromatic N) is 1. The molecule has 0 radical (unpaired) electrons. The number of aryl methyl sites for hydroxylation is 1. The Morgan fingerprint density at radius 2 is 1.71 bits per heavy atom. The summed E-state index contributed by atoms with van der Waals surface area (Å²) in [5, 5.41) is 2.99. The lowest BCUT2D eigenvalue weighted by molar-refractivity contribution is -0.123. The maximum absolute atomic E-state index is 12.9. The van der Waals surface area contributed by atoms with Gasteiger partial charge < -0.3 is 14.8 Å². The van der Waals surface area contributed by atoms with Crippen LogP contribution in [-0.2, 0) is 17.9 Å². The van der Waals surface area contributed by atoms with Crippen LogP contribution in [-0.4, -0.2) is 23.4 Å². The van der Waals surface area contributed by atoms with Crippen molar-refractivity contribution in [3.63, 3.8) is 0 Å². The molecule has 1 saturated heterocycles. The van der Waals surface area contributed by atoms with Gasteiger partial charge in [-0.25, -0.2) is 4.79 Å². The number of amides is 3. The molecule has 1 aliphatic rings. The first-order valence-electron chi connectivity index (χ1n) is 11.0. The van der Waals surface area contributed by atoms with Crippen molar-refractivity contribution < 1.29 is 19.1 Å². The highest BCUT2D eigenvalue weighted by Crippen LogP contribution is 2.38. The van der Waals surface area contributed by atoms with Gasteiger partial charge in [0.1, 0.15) is 12.3 Å². The first kappa shape index (κ1) is 23.4. The summed E-state index contributed by atoms with van der Waals surface area (Å²) in [5.41, 5.74) is 3.83. The standard InChI is InChI=1S/C27H25ClN2O4/c1-3-33-24-15-21(13-22(28)25(24)34-17-20-11-9-18(2)10-12-20)14-23-26(31)30(27(32)29-23)16-19-7-5-4-6-8-19/h4-15H,3,16-17H2,1-2H3,(H,29,32)/b23-14+. The van der Waals surface area contributed by atoms with Crippen LogP contribution in [0.1, 0.15) is 29.2 Å². The molecular formula is C27H25ClN2O4. The van der Waals surface area contributed by atoms with Crippen molar-refractivity contribution in [1.82, 2.24) is 10.2 Å². The largest absolute Gasteiger partial charge is 0.490 e. The van der Waals surface area contributed by atoms with Crippen LogP contribution in [0, 0.1) is 6.92 Å². The van der Waals surface area contributed by atoms with Gasteiger partial charge in [-0.3, -0.25) is 9.69 Å². The van der Waals surface area contributed by atoms with Gasteiger partial charge in [-0.05, 0) is 48.7 Å². The minimum absolute atomic E-state index is 0.174. The van der Waals surface area contributed by atoms with Gasteiger partial charge in [0.2, 0.25) is 0 Å². The molecule has 1 N–H and O–H groups in total. The number of carbonyl (C=O) groups excluding carboxylic acids is 2. The van der Waals surface area contributed by atoms with E-state index in [1.165, 1.54) is 10.5 Å². The van der Waals surface area contributed by atoms with Crippen LogP contribution in [0.15, 0.2) is 72.4 Å². The minimum atomic E-state index is -0.464. The highest BCUT2D eigenvalue weighted by molar-refractivity contribution is 6.32. The minimum Gasteiger partial charge on any atom is -0.490 e. The monoisotopic (exact) mass is 476 g/mol. The SMILES string of the molecule is CCOc1cc(/C=C2/NC(=O)N(Cc3ccccc3)C2=O)cc(Cl)c1OCc1ccc(C)cc1. The molecular weight excluding hydrogens is 452 g/mol. The van der Waals surface area contributed by atoms with Crippen LogP contribution in [0.3, 0.4) is 0 Å². The van der Waals surface area contributed by atoms with Crippen molar-refractivity contribution in [1.29, 1.82) is 0 Å². The topological polar surface area (TPSA) is 67.9 Å². The zero-order valence-corrected chi connectivity index (χ0v) is 19.8. The Kier molecular flexibility index (Phi) is 7.18. The van der Waals surface area contributed by atoms with E-state index in [-0.39, 0.29) is 12.2 Å². The lowest BCUT2D eigenvalue weighted by Gasteiger charge is -2.15. The molecule has 0 bridgehead atoms. The van der Waals surface area contributed by atoms with Crippen molar-refractivity contribution in [3.05, 3.63) is 99.7 Å². The molecule has 174 valence electrons. The fourth-order valence-corrected chi connectivity index (χ4v) is 3.84. The van der Waals surface area contributed by atoms with E-state index in [2.05, 4.69) is 5.32 Å². The van der Waals surface area contributed by atoms with Gasteiger partial charge >= 0.3 is 6.03 Å². The Morgan fingerprint density at radius 1 is 0.971 bits per heavy atom. The number of halogens is 1. The first-order valence-corrected chi connectivity index (χ1v) is 11.4. The fraction of sp³-hybridized carbons (Fsp3) is 0.185. The molecule has 1 aliphatic heterocycles. The van der Waals surface area contributed by atoms with E-state index in [1.807, 2.05) is 68.4 Å². The van der Waals surface area contributed by atoms with Crippen molar-refractivity contribution in [2.75, 3.05) is 6.61 Å². The Bertz CT molecular complexity index is 1220. The smallest absolute Gasteiger partial charge is 0.329 e. The zero-order valence-electron chi connectivity index (χ0n) is 19.0. The van der Waals surface area contributed by atoms with Crippen LogP contribution in [0.5, 0.6) is 11.5 Å². The van der Waals surface area contributed by atoms with Gasteiger partial charge in [-0.2, -0.15) is 0 Å². The third-order valence-corrected chi connectivity index (χ3v) is 5.57. The molecule has 3 amide bonds. The summed E-state index contributed by atoms with van der Waals surface area (Å²) < 4.78 is 11.7. The molecule has 6 nitrogen and oxygen atoms in total. The van der Waals surface area contributed by atoms with Crippen LogP contribution in [0.2, 0.25) is 5.02 Å². The predicted octanol–water partition coefficient (Wildman–Crippen LogP) is 5.72. The van der Waals surface area contributed by atoms with E-state index in [4.69, 9.17) is 21.1 Å². The van der Waals surface area contributed by atoms with Crippen LogP contribution >= 0.6 is 11.6 Å². The van der Waals surface area contributed by atoms with Gasteiger partial charge in [0, 0.05) is 0 Å². The van der Waals surface area contributed by atoms with Gasteiger partial charge in [0.25, 0.3) is 5.91 Å². The van der Waals surface area contributed by atoms with Gasteiger partial charge in [0.05, 0.1) is 18.2 Å². The molecule has 7 heteroatoms. The Morgan fingerprint density at radius 3 is 2.41 bits per heavy atom. The Labute approximate surface area is 203 Å². The quantitative estimate of drug-likeness (QED) is 0.333. The van der Waals surface area contributed by atoms with E-state index in [9.17, 15) is 9.59 Å². The van der Waals surface area contributed by atoms with Crippen molar-refractivity contribution in [2.24, 2.45) is 0 Å². The molecule has 0 unspecified atom stereocenters. The summed E-state index contributed by atoms with van der Waals surface area (Å²) in [6, 6.07) is 20.3. The number of imide groups is 1. The summed E-state index contributed by atoms with van der Waals surface area (Å²) in [4.78, 5) is 26.4. The third-order valence-electron chi connectivity index (χ3n) is 5.29. The number of benzene rings is 3. The zero-order chi connectivity index (χ0) is 24.1. The average molecular weight is 477 g/mol. The van der Waals surface area contributed by atoms with E-state index < -0.39 is 11.9 Å². The number of rotatable bonds is 8. The number of urea groups is 1. The van der Waals surface area contributed by atoms with E-state index in [1.54, 1.807) is 18.2 Å². The second-order valence-electron chi connectivity index (χ2n) is 7.90. The maximum Gasteiger partial charge on any atom is 0.329 e. The predicted molar refractivity (Wildman–Crippen MR) is 132 cm³/mol. The number of hydrogen-bond donors (Lipinski definition) is 1. The molecule has 0 aromatic heterocycles. The normalized spacial score (nSPS) is 14.4. The van der Waals surface area contributed by atoms with E-state index in [0.717, 1.165) is 11.1 Å². The second-order valence-corrected chi connectivity index (χ2v) is 8.31. The summed E-state index contributed by atoms with van der Waals surface area (Å²) in [7, 11) is 0. The molecule has 0 atom stereocenters. The molecule has 0 saturated carbocycles.